The highest BCUT2D eigenvalue weighted by molar-refractivity contribution is 7.98. The van der Waals surface area contributed by atoms with Crippen LogP contribution in [-0.4, -0.2) is 21.1 Å². The number of rotatable bonds is 6. The van der Waals surface area contributed by atoms with E-state index in [-0.39, 0.29) is 5.91 Å². The molecule has 8 heteroatoms. The van der Waals surface area contributed by atoms with Crippen LogP contribution >= 0.6 is 35.0 Å². The van der Waals surface area contributed by atoms with Gasteiger partial charge in [-0.3, -0.25) is 9.89 Å². The molecule has 3 aromatic rings. The first-order valence-electron chi connectivity index (χ1n) is 7.41. The lowest BCUT2D eigenvalue weighted by atomic mass is 10.1. The predicted octanol–water partition coefficient (Wildman–Crippen LogP) is 4.33. The Kier molecular flexibility index (Phi) is 5.96. The molecule has 25 heavy (non-hydrogen) atoms. The number of carbonyl (C=O) groups is 1. The molecular formula is C17H14Cl2N4OS. The van der Waals surface area contributed by atoms with Crippen molar-refractivity contribution in [3.63, 3.8) is 0 Å². The van der Waals surface area contributed by atoms with Crippen LogP contribution in [0.1, 0.15) is 21.5 Å². The van der Waals surface area contributed by atoms with Crippen LogP contribution in [-0.2, 0) is 12.3 Å². The van der Waals surface area contributed by atoms with Crippen LogP contribution in [0.2, 0.25) is 10.0 Å². The molecule has 0 aliphatic rings. The first kappa shape index (κ1) is 17.8. The normalized spacial score (nSPS) is 10.6. The number of nitrogens with one attached hydrogen (secondary N) is 2. The number of aromatic nitrogens is 3. The maximum atomic E-state index is 12.6. The topological polar surface area (TPSA) is 70.7 Å². The quantitative estimate of drug-likeness (QED) is 0.612. The number of amides is 1. The van der Waals surface area contributed by atoms with Gasteiger partial charge in [0.15, 0.2) is 5.16 Å². The summed E-state index contributed by atoms with van der Waals surface area (Å²) < 4.78 is 0. The van der Waals surface area contributed by atoms with Gasteiger partial charge in [0.05, 0.1) is 0 Å². The molecule has 0 aliphatic carbocycles. The number of H-pyrrole nitrogens is 1. The summed E-state index contributed by atoms with van der Waals surface area (Å²) in [6.45, 7) is 0.332. The summed E-state index contributed by atoms with van der Waals surface area (Å²) in [5, 5.41) is 11.3. The molecule has 128 valence electrons. The van der Waals surface area contributed by atoms with E-state index >= 15 is 0 Å². The SMILES string of the molecule is O=C(NCc1ccc(Cl)cc1Cl)c1ccccc1CSc1ncn[nH]1. The molecule has 0 fully saturated rings. The maximum Gasteiger partial charge on any atom is 0.251 e. The third kappa shape index (κ3) is 4.75. The number of aromatic amines is 1. The minimum Gasteiger partial charge on any atom is -0.348 e. The zero-order valence-electron chi connectivity index (χ0n) is 13.0. The highest BCUT2D eigenvalue weighted by Gasteiger charge is 2.12. The number of thioether (sulfide) groups is 1. The van der Waals surface area contributed by atoms with Gasteiger partial charge >= 0.3 is 0 Å². The van der Waals surface area contributed by atoms with Crippen molar-refractivity contribution in [1.29, 1.82) is 0 Å². The molecule has 0 radical (unpaired) electrons. The second kappa shape index (κ2) is 8.38. The van der Waals surface area contributed by atoms with Crippen LogP contribution in [0.25, 0.3) is 0 Å². The van der Waals surface area contributed by atoms with Crippen LogP contribution in [0.3, 0.4) is 0 Å². The number of nitrogens with zero attached hydrogens (tertiary/aromatic N) is 2. The van der Waals surface area contributed by atoms with E-state index in [1.54, 1.807) is 24.3 Å². The van der Waals surface area contributed by atoms with Gasteiger partial charge in [0.25, 0.3) is 5.91 Å². The highest BCUT2D eigenvalue weighted by atomic mass is 35.5. The Morgan fingerprint density at radius 3 is 2.76 bits per heavy atom. The Balaban J connectivity index is 1.67. The van der Waals surface area contributed by atoms with Crippen molar-refractivity contribution >= 4 is 40.9 Å². The lowest BCUT2D eigenvalue weighted by Gasteiger charge is -2.10. The fraction of sp³-hybridized carbons (Fsp3) is 0.118. The van der Waals surface area contributed by atoms with Gasteiger partial charge in [-0.15, -0.1) is 0 Å². The standard InChI is InChI=1S/C17H14Cl2N4OS/c18-13-6-5-11(15(19)7-13)8-20-16(24)14-4-2-1-3-12(14)9-25-17-21-10-22-23-17/h1-7,10H,8-9H2,(H,20,24)(H,21,22,23). The zero-order chi connectivity index (χ0) is 17.6. The van der Waals surface area contributed by atoms with Gasteiger partial charge in [0.2, 0.25) is 0 Å². The van der Waals surface area contributed by atoms with Gasteiger partial charge in [0.1, 0.15) is 6.33 Å². The molecule has 1 aromatic heterocycles. The Morgan fingerprint density at radius 2 is 2.00 bits per heavy atom. The summed E-state index contributed by atoms with van der Waals surface area (Å²) in [6, 6.07) is 12.7. The zero-order valence-corrected chi connectivity index (χ0v) is 15.3. The third-order valence-corrected chi connectivity index (χ3v) is 4.99. The van der Waals surface area contributed by atoms with Crippen molar-refractivity contribution in [2.45, 2.75) is 17.5 Å². The maximum absolute atomic E-state index is 12.6. The minimum atomic E-state index is -0.153. The fourth-order valence-corrected chi connectivity index (χ4v) is 3.47. The van der Waals surface area contributed by atoms with Crippen molar-refractivity contribution in [2.75, 3.05) is 0 Å². The van der Waals surface area contributed by atoms with Crippen molar-refractivity contribution in [3.8, 4) is 0 Å². The molecule has 0 spiro atoms. The Hall–Kier alpha value is -2.02. The van der Waals surface area contributed by atoms with Crippen molar-refractivity contribution in [2.24, 2.45) is 0 Å². The van der Waals surface area contributed by atoms with Gasteiger partial charge in [0, 0.05) is 27.9 Å². The molecule has 0 atom stereocenters. The monoisotopic (exact) mass is 392 g/mol. The first-order chi connectivity index (χ1) is 12.1. The van der Waals surface area contributed by atoms with Crippen LogP contribution in [0.4, 0.5) is 0 Å². The van der Waals surface area contributed by atoms with Crippen molar-refractivity contribution < 1.29 is 4.79 Å². The molecule has 2 aromatic carbocycles. The largest absolute Gasteiger partial charge is 0.348 e. The molecule has 3 rings (SSSR count). The Morgan fingerprint density at radius 1 is 1.16 bits per heavy atom. The van der Waals surface area contributed by atoms with Gasteiger partial charge < -0.3 is 5.32 Å². The number of halogens is 2. The molecular weight excluding hydrogens is 379 g/mol. The fourth-order valence-electron chi connectivity index (χ4n) is 2.21. The highest BCUT2D eigenvalue weighted by Crippen LogP contribution is 2.22. The Labute approximate surface area is 159 Å². The number of benzene rings is 2. The molecule has 0 unspecified atom stereocenters. The van der Waals surface area contributed by atoms with E-state index in [4.69, 9.17) is 23.2 Å². The lowest BCUT2D eigenvalue weighted by Crippen LogP contribution is -2.24. The van der Waals surface area contributed by atoms with Crippen LogP contribution in [0.15, 0.2) is 53.9 Å². The predicted molar refractivity (Wildman–Crippen MR) is 100 cm³/mol. The second-order valence-electron chi connectivity index (χ2n) is 5.15. The first-order valence-corrected chi connectivity index (χ1v) is 9.16. The number of hydrogen-bond donors (Lipinski definition) is 2. The molecule has 5 nitrogen and oxygen atoms in total. The van der Waals surface area contributed by atoms with E-state index in [0.717, 1.165) is 11.1 Å². The van der Waals surface area contributed by atoms with E-state index < -0.39 is 0 Å². The van der Waals surface area contributed by atoms with Gasteiger partial charge in [-0.25, -0.2) is 4.98 Å². The van der Waals surface area contributed by atoms with Crippen LogP contribution < -0.4 is 5.32 Å². The average Bonchev–Trinajstić information content (AvgIpc) is 3.13. The van der Waals surface area contributed by atoms with Crippen molar-refractivity contribution in [3.05, 3.63) is 75.5 Å². The summed E-state index contributed by atoms with van der Waals surface area (Å²) in [5.74, 6) is 0.459. The van der Waals surface area contributed by atoms with E-state index in [0.29, 0.717) is 33.1 Å². The second-order valence-corrected chi connectivity index (χ2v) is 6.96. The average molecular weight is 393 g/mol. The van der Waals surface area contributed by atoms with Crippen LogP contribution in [0.5, 0.6) is 0 Å². The van der Waals surface area contributed by atoms with Crippen molar-refractivity contribution in [1.82, 2.24) is 20.5 Å². The minimum absolute atomic E-state index is 0.153. The smallest absolute Gasteiger partial charge is 0.251 e. The van der Waals surface area contributed by atoms with E-state index in [1.165, 1.54) is 18.1 Å². The summed E-state index contributed by atoms with van der Waals surface area (Å²) >= 11 is 13.5. The lowest BCUT2D eigenvalue weighted by molar-refractivity contribution is 0.0950. The summed E-state index contributed by atoms with van der Waals surface area (Å²) in [7, 11) is 0. The molecule has 2 N–H and O–H groups in total. The molecule has 0 aliphatic heterocycles. The van der Waals surface area contributed by atoms with Crippen LogP contribution in [0, 0.1) is 0 Å². The van der Waals surface area contributed by atoms with Gasteiger partial charge in [-0.2, -0.15) is 5.10 Å². The molecule has 0 bridgehead atoms. The summed E-state index contributed by atoms with van der Waals surface area (Å²) in [4.78, 5) is 16.6. The summed E-state index contributed by atoms with van der Waals surface area (Å²) in [6.07, 6.45) is 1.46. The van der Waals surface area contributed by atoms with E-state index in [2.05, 4.69) is 20.5 Å². The number of hydrogen-bond acceptors (Lipinski definition) is 4. The van der Waals surface area contributed by atoms with Gasteiger partial charge in [-0.05, 0) is 29.3 Å². The van der Waals surface area contributed by atoms with E-state index in [9.17, 15) is 4.79 Å². The molecule has 1 heterocycles. The molecule has 0 saturated carbocycles. The van der Waals surface area contributed by atoms with Gasteiger partial charge in [-0.1, -0.05) is 59.2 Å². The molecule has 0 saturated heterocycles. The van der Waals surface area contributed by atoms with E-state index in [1.807, 2.05) is 18.2 Å². The third-order valence-electron chi connectivity index (χ3n) is 3.47. The summed E-state index contributed by atoms with van der Waals surface area (Å²) in [5.41, 5.74) is 2.36. The Bertz CT molecular complexity index is 871. The molecule has 1 amide bonds. The number of carbonyl (C=O) groups excluding carboxylic acids is 1.